The molecule has 1 fully saturated rings. The van der Waals surface area contributed by atoms with Gasteiger partial charge in [-0.1, -0.05) is 49.5 Å². The molecule has 5 rings (SSSR count). The fraction of sp³-hybridized carbons (Fsp3) is 0.389. The Hall–Kier alpha value is -4.14. The molecule has 1 aromatic heterocycles. The van der Waals surface area contributed by atoms with E-state index in [-0.39, 0.29) is 17.3 Å². The van der Waals surface area contributed by atoms with Crippen LogP contribution in [0.3, 0.4) is 0 Å². The predicted octanol–water partition coefficient (Wildman–Crippen LogP) is 7.15. The number of para-hydroxylation sites is 1. The van der Waals surface area contributed by atoms with Gasteiger partial charge in [0, 0.05) is 47.6 Å². The Morgan fingerprint density at radius 1 is 0.864 bits per heavy atom. The monoisotopic (exact) mass is 595 g/mol. The van der Waals surface area contributed by atoms with E-state index in [4.69, 9.17) is 9.57 Å². The van der Waals surface area contributed by atoms with Crippen LogP contribution in [0.25, 0.3) is 27.5 Å². The first kappa shape index (κ1) is 31.3. The number of ketones is 2. The molecule has 0 saturated carbocycles. The standard InChI is InChI=1S/C36H41N3O5/c1-5-6-7-8-12-31(37-44-25(2)40)34(41)26-14-17-28(18-15-26)39-32-13-10-9-11-29(32)30-24-27(16-19-33(30)39)35(42)36(3,4)38-20-22-43-23-21-38/h9-11,13-19,24H,5-8,12,20-23H2,1-4H3/b37-31+. The number of hydrogen-bond acceptors (Lipinski definition) is 7. The Morgan fingerprint density at radius 3 is 2.25 bits per heavy atom. The highest BCUT2D eigenvalue weighted by Gasteiger charge is 2.36. The van der Waals surface area contributed by atoms with Crippen LogP contribution >= 0.6 is 0 Å². The maximum absolute atomic E-state index is 13.8. The Labute approximate surface area is 258 Å². The van der Waals surface area contributed by atoms with Crippen LogP contribution in [0.2, 0.25) is 0 Å². The molecule has 1 saturated heterocycles. The second-order valence-electron chi connectivity index (χ2n) is 11.9. The zero-order valence-electron chi connectivity index (χ0n) is 26.1. The van der Waals surface area contributed by atoms with Gasteiger partial charge < -0.3 is 14.1 Å². The normalized spacial score (nSPS) is 14.7. The molecule has 4 aromatic rings. The summed E-state index contributed by atoms with van der Waals surface area (Å²) in [6, 6.07) is 21.5. The minimum Gasteiger partial charge on any atom is -0.379 e. The third-order valence-corrected chi connectivity index (χ3v) is 8.49. The SMILES string of the molecule is CCCCCC/C(=N\OC(C)=O)C(=O)c1ccc(-n2c3ccccc3c3cc(C(=O)C(C)(C)N4CCOCC4)ccc32)cc1. The molecule has 8 heteroatoms. The number of carbonyl (C=O) groups is 3. The summed E-state index contributed by atoms with van der Waals surface area (Å²) in [7, 11) is 0. The van der Waals surface area contributed by atoms with Gasteiger partial charge in [0.05, 0.1) is 29.8 Å². The molecule has 0 spiro atoms. The molecule has 230 valence electrons. The zero-order valence-corrected chi connectivity index (χ0v) is 26.1. The molecule has 0 atom stereocenters. The van der Waals surface area contributed by atoms with Gasteiger partial charge in [-0.3, -0.25) is 14.5 Å². The van der Waals surface area contributed by atoms with Crippen LogP contribution in [-0.4, -0.2) is 64.6 Å². The molecule has 0 aliphatic carbocycles. The van der Waals surface area contributed by atoms with E-state index < -0.39 is 11.5 Å². The predicted molar refractivity (Wildman–Crippen MR) is 174 cm³/mol. The van der Waals surface area contributed by atoms with E-state index in [1.165, 1.54) is 6.92 Å². The number of ether oxygens (including phenoxy) is 1. The number of carbonyl (C=O) groups excluding carboxylic acids is 3. The molecule has 0 unspecified atom stereocenters. The van der Waals surface area contributed by atoms with Crippen molar-refractivity contribution in [2.75, 3.05) is 26.3 Å². The van der Waals surface area contributed by atoms with Gasteiger partial charge in [-0.25, -0.2) is 4.79 Å². The van der Waals surface area contributed by atoms with Crippen molar-refractivity contribution in [3.8, 4) is 5.69 Å². The number of oxime groups is 1. The molecule has 1 aliphatic heterocycles. The molecule has 44 heavy (non-hydrogen) atoms. The largest absolute Gasteiger partial charge is 0.379 e. The van der Waals surface area contributed by atoms with Crippen molar-refractivity contribution in [3.63, 3.8) is 0 Å². The van der Waals surface area contributed by atoms with Gasteiger partial charge >= 0.3 is 5.97 Å². The third kappa shape index (κ3) is 6.51. The summed E-state index contributed by atoms with van der Waals surface area (Å²) in [6.45, 7) is 10.1. The lowest BCUT2D eigenvalue weighted by molar-refractivity contribution is -0.140. The molecule has 0 N–H and O–H groups in total. The lowest BCUT2D eigenvalue weighted by Crippen LogP contribution is -2.54. The number of morpholine rings is 1. The van der Waals surface area contributed by atoms with E-state index >= 15 is 0 Å². The quantitative estimate of drug-likeness (QED) is 0.0568. The zero-order chi connectivity index (χ0) is 31.3. The summed E-state index contributed by atoms with van der Waals surface area (Å²) >= 11 is 0. The molecule has 8 nitrogen and oxygen atoms in total. The van der Waals surface area contributed by atoms with E-state index in [0.717, 1.165) is 66.3 Å². The van der Waals surface area contributed by atoms with Crippen LogP contribution in [0.15, 0.2) is 71.9 Å². The fourth-order valence-electron chi connectivity index (χ4n) is 5.98. The van der Waals surface area contributed by atoms with Gasteiger partial charge in [-0.15, -0.1) is 0 Å². The maximum atomic E-state index is 13.8. The number of hydrogen-bond donors (Lipinski definition) is 0. The first-order valence-corrected chi connectivity index (χ1v) is 15.5. The number of fused-ring (bicyclic) bond motifs is 3. The van der Waals surface area contributed by atoms with Crippen molar-refractivity contribution in [2.24, 2.45) is 5.16 Å². The minimum atomic E-state index is -0.647. The van der Waals surface area contributed by atoms with E-state index in [9.17, 15) is 14.4 Å². The number of benzene rings is 3. The van der Waals surface area contributed by atoms with Crippen molar-refractivity contribution < 1.29 is 24.0 Å². The number of nitrogens with zero attached hydrogens (tertiary/aromatic N) is 3. The van der Waals surface area contributed by atoms with Crippen LogP contribution in [0.1, 0.15) is 80.5 Å². The number of Topliss-reactive ketones (excluding diaryl/α,β-unsaturated/α-hetero) is 2. The van der Waals surface area contributed by atoms with Gasteiger partial charge in [0.1, 0.15) is 5.71 Å². The first-order valence-electron chi connectivity index (χ1n) is 15.5. The van der Waals surface area contributed by atoms with Crippen LogP contribution < -0.4 is 0 Å². The Morgan fingerprint density at radius 2 is 1.55 bits per heavy atom. The van der Waals surface area contributed by atoms with Crippen molar-refractivity contribution >= 4 is 45.1 Å². The molecular weight excluding hydrogens is 554 g/mol. The minimum absolute atomic E-state index is 0.0851. The average Bonchev–Trinajstić information content (AvgIpc) is 3.38. The van der Waals surface area contributed by atoms with Gasteiger partial charge in [0.15, 0.2) is 5.78 Å². The van der Waals surface area contributed by atoms with Crippen LogP contribution in [0.4, 0.5) is 0 Å². The van der Waals surface area contributed by atoms with Crippen LogP contribution in [0, 0.1) is 0 Å². The summed E-state index contributed by atoms with van der Waals surface area (Å²) in [5.41, 5.74) is 3.63. The van der Waals surface area contributed by atoms with E-state index in [2.05, 4.69) is 33.7 Å². The molecule has 0 bridgehead atoms. The van der Waals surface area contributed by atoms with E-state index in [0.29, 0.717) is 30.8 Å². The topological polar surface area (TPSA) is 90.2 Å². The van der Waals surface area contributed by atoms with Gasteiger partial charge in [0.2, 0.25) is 5.78 Å². The Kier molecular flexibility index (Phi) is 9.71. The van der Waals surface area contributed by atoms with Crippen LogP contribution in [0.5, 0.6) is 0 Å². The second-order valence-corrected chi connectivity index (χ2v) is 11.9. The smallest absolute Gasteiger partial charge is 0.331 e. The van der Waals surface area contributed by atoms with Gasteiger partial charge in [-0.05, 0) is 75.2 Å². The second kappa shape index (κ2) is 13.7. The van der Waals surface area contributed by atoms with Gasteiger partial charge in [-0.2, -0.15) is 0 Å². The summed E-state index contributed by atoms with van der Waals surface area (Å²) in [6.07, 6.45) is 4.38. The summed E-state index contributed by atoms with van der Waals surface area (Å²) < 4.78 is 7.66. The molecule has 2 heterocycles. The highest BCUT2D eigenvalue weighted by Crippen LogP contribution is 2.34. The summed E-state index contributed by atoms with van der Waals surface area (Å²) in [5.74, 6) is -0.718. The first-order chi connectivity index (χ1) is 21.2. The van der Waals surface area contributed by atoms with Crippen LogP contribution in [-0.2, 0) is 14.4 Å². The molecular formula is C36H41N3O5. The third-order valence-electron chi connectivity index (χ3n) is 8.49. The molecule has 1 aliphatic rings. The lowest BCUT2D eigenvalue weighted by atomic mass is 9.90. The molecule has 0 radical (unpaired) electrons. The summed E-state index contributed by atoms with van der Waals surface area (Å²) in [5, 5.41) is 5.93. The lowest BCUT2D eigenvalue weighted by Gasteiger charge is -2.39. The fourth-order valence-corrected chi connectivity index (χ4v) is 5.98. The Bertz CT molecular complexity index is 1690. The number of rotatable bonds is 12. The average molecular weight is 596 g/mol. The highest BCUT2D eigenvalue weighted by molar-refractivity contribution is 6.45. The molecule has 0 amide bonds. The highest BCUT2D eigenvalue weighted by atomic mass is 16.7. The van der Waals surface area contributed by atoms with Gasteiger partial charge in [0.25, 0.3) is 0 Å². The maximum Gasteiger partial charge on any atom is 0.331 e. The summed E-state index contributed by atoms with van der Waals surface area (Å²) in [4.78, 5) is 45.6. The van der Waals surface area contributed by atoms with E-state index in [1.807, 2.05) is 56.3 Å². The number of unbranched alkanes of at least 4 members (excludes halogenated alkanes) is 3. The van der Waals surface area contributed by atoms with Crippen molar-refractivity contribution in [3.05, 3.63) is 77.9 Å². The van der Waals surface area contributed by atoms with Crippen molar-refractivity contribution in [1.29, 1.82) is 0 Å². The van der Waals surface area contributed by atoms with Crippen molar-refractivity contribution in [1.82, 2.24) is 9.47 Å². The molecule has 3 aromatic carbocycles. The Balaban J connectivity index is 1.47. The van der Waals surface area contributed by atoms with Crippen molar-refractivity contribution in [2.45, 2.75) is 65.3 Å². The van der Waals surface area contributed by atoms with E-state index in [1.54, 1.807) is 12.1 Å². The number of aromatic nitrogens is 1.